The maximum Gasteiger partial charge on any atom is 0.227 e. The zero-order valence-corrected chi connectivity index (χ0v) is 11.6. The third kappa shape index (κ3) is 2.78. The maximum atomic E-state index is 12.0. The van der Waals surface area contributed by atoms with Gasteiger partial charge in [-0.2, -0.15) is 0 Å². The zero-order valence-electron chi connectivity index (χ0n) is 11.6. The molecular weight excluding hydrogens is 240 g/mol. The first-order valence-corrected chi connectivity index (χ1v) is 6.65. The first-order chi connectivity index (χ1) is 9.02. The summed E-state index contributed by atoms with van der Waals surface area (Å²) in [5, 5.41) is 2.61. The normalized spacial score (nSPS) is 19.1. The van der Waals surface area contributed by atoms with Gasteiger partial charge in [-0.1, -0.05) is 26.0 Å². The van der Waals surface area contributed by atoms with E-state index in [1.807, 2.05) is 18.2 Å². The summed E-state index contributed by atoms with van der Waals surface area (Å²) < 4.78 is 0. The number of nitrogens with one attached hydrogen (secondary N) is 1. The van der Waals surface area contributed by atoms with Crippen molar-refractivity contribution in [2.24, 2.45) is 5.92 Å². The van der Waals surface area contributed by atoms with E-state index in [-0.39, 0.29) is 17.7 Å². The number of rotatable bonds is 3. The molecule has 0 aromatic heterocycles. The molecule has 1 saturated heterocycles. The lowest BCUT2D eigenvalue weighted by molar-refractivity contribution is -0.125. The topological polar surface area (TPSA) is 49.4 Å². The molecule has 2 amide bonds. The minimum atomic E-state index is -0.236. The molecule has 0 radical (unpaired) electrons. The van der Waals surface area contributed by atoms with Gasteiger partial charge in [0.25, 0.3) is 0 Å². The first kappa shape index (κ1) is 13.6. The quantitative estimate of drug-likeness (QED) is 0.902. The van der Waals surface area contributed by atoms with Crippen molar-refractivity contribution in [3.05, 3.63) is 29.8 Å². The van der Waals surface area contributed by atoms with Gasteiger partial charge < -0.3 is 10.2 Å². The number of carbonyl (C=O) groups excluding carboxylic acids is 2. The largest absolute Gasteiger partial charge is 0.359 e. The third-order valence-electron chi connectivity index (χ3n) is 3.59. The molecule has 1 aromatic carbocycles. The zero-order chi connectivity index (χ0) is 14.0. The number of hydrogen-bond donors (Lipinski definition) is 1. The van der Waals surface area contributed by atoms with Crippen LogP contribution >= 0.6 is 0 Å². The Morgan fingerprint density at radius 1 is 1.42 bits per heavy atom. The second-order valence-corrected chi connectivity index (χ2v) is 5.27. The summed E-state index contributed by atoms with van der Waals surface area (Å²) in [4.78, 5) is 25.4. The van der Waals surface area contributed by atoms with E-state index in [4.69, 9.17) is 0 Å². The highest BCUT2D eigenvalue weighted by Gasteiger charge is 2.34. The molecule has 102 valence electrons. The second-order valence-electron chi connectivity index (χ2n) is 5.27. The Bertz CT molecular complexity index is 497. The Balaban J connectivity index is 2.20. The highest BCUT2D eigenvalue weighted by molar-refractivity contribution is 6.00. The predicted octanol–water partition coefficient (Wildman–Crippen LogP) is 1.91. The lowest BCUT2D eigenvalue weighted by Gasteiger charge is -2.18. The lowest BCUT2D eigenvalue weighted by Crippen LogP contribution is -2.30. The number of anilines is 1. The smallest absolute Gasteiger partial charge is 0.227 e. The van der Waals surface area contributed by atoms with Gasteiger partial charge in [-0.3, -0.25) is 9.59 Å². The Hall–Kier alpha value is -1.84. The monoisotopic (exact) mass is 260 g/mol. The molecule has 1 aliphatic heterocycles. The van der Waals surface area contributed by atoms with Crippen LogP contribution < -0.4 is 10.2 Å². The average molecular weight is 260 g/mol. The van der Waals surface area contributed by atoms with Crippen LogP contribution in [0.15, 0.2) is 24.3 Å². The predicted molar refractivity (Wildman–Crippen MR) is 75.1 cm³/mol. The second kappa shape index (κ2) is 5.43. The van der Waals surface area contributed by atoms with E-state index in [2.05, 4.69) is 25.2 Å². The molecule has 1 heterocycles. The van der Waals surface area contributed by atoms with Crippen molar-refractivity contribution in [2.45, 2.75) is 26.2 Å². The fourth-order valence-corrected chi connectivity index (χ4v) is 2.39. The van der Waals surface area contributed by atoms with Gasteiger partial charge >= 0.3 is 0 Å². The van der Waals surface area contributed by atoms with Crippen molar-refractivity contribution < 1.29 is 9.59 Å². The van der Waals surface area contributed by atoms with Gasteiger partial charge in [0.05, 0.1) is 5.92 Å². The van der Waals surface area contributed by atoms with Crippen molar-refractivity contribution in [3.8, 4) is 0 Å². The molecule has 1 aromatic rings. The van der Waals surface area contributed by atoms with Crippen LogP contribution in [0.3, 0.4) is 0 Å². The fraction of sp³-hybridized carbons (Fsp3) is 0.467. The molecule has 1 aliphatic rings. The Morgan fingerprint density at radius 2 is 2.16 bits per heavy atom. The van der Waals surface area contributed by atoms with E-state index < -0.39 is 0 Å². The lowest BCUT2D eigenvalue weighted by atomic mass is 10.0. The molecule has 2 rings (SSSR count). The molecule has 19 heavy (non-hydrogen) atoms. The molecular formula is C15H20N2O2. The number of amides is 2. The van der Waals surface area contributed by atoms with Crippen molar-refractivity contribution in [1.29, 1.82) is 0 Å². The molecule has 1 atom stereocenters. The van der Waals surface area contributed by atoms with E-state index in [9.17, 15) is 9.59 Å². The van der Waals surface area contributed by atoms with Crippen molar-refractivity contribution in [3.63, 3.8) is 0 Å². The number of benzene rings is 1. The van der Waals surface area contributed by atoms with Gasteiger partial charge in [0.1, 0.15) is 0 Å². The summed E-state index contributed by atoms with van der Waals surface area (Å²) in [7, 11) is 1.61. The highest BCUT2D eigenvalue weighted by Crippen LogP contribution is 2.27. The summed E-state index contributed by atoms with van der Waals surface area (Å²) in [5.74, 6) is 0.151. The molecule has 0 aliphatic carbocycles. The number of carbonyl (C=O) groups is 2. The van der Waals surface area contributed by atoms with Crippen molar-refractivity contribution >= 4 is 17.5 Å². The van der Waals surface area contributed by atoms with Gasteiger partial charge in [0, 0.05) is 25.7 Å². The molecule has 0 bridgehead atoms. The van der Waals surface area contributed by atoms with Crippen LogP contribution in [0.1, 0.15) is 31.7 Å². The summed E-state index contributed by atoms with van der Waals surface area (Å²) in [6.07, 6.45) is 0.297. The summed E-state index contributed by atoms with van der Waals surface area (Å²) >= 11 is 0. The molecule has 0 saturated carbocycles. The van der Waals surface area contributed by atoms with Gasteiger partial charge in [0.15, 0.2) is 0 Å². The summed E-state index contributed by atoms with van der Waals surface area (Å²) in [5.41, 5.74) is 2.09. The van der Waals surface area contributed by atoms with Crippen LogP contribution in [0.4, 0.5) is 5.69 Å². The highest BCUT2D eigenvalue weighted by atomic mass is 16.2. The molecule has 0 spiro atoms. The van der Waals surface area contributed by atoms with E-state index in [1.54, 1.807) is 11.9 Å². The summed E-state index contributed by atoms with van der Waals surface area (Å²) in [6, 6.07) is 7.99. The summed E-state index contributed by atoms with van der Waals surface area (Å²) in [6.45, 7) is 4.72. The average Bonchev–Trinajstić information content (AvgIpc) is 2.80. The minimum Gasteiger partial charge on any atom is -0.359 e. The van der Waals surface area contributed by atoms with Crippen molar-refractivity contribution in [1.82, 2.24) is 5.32 Å². The van der Waals surface area contributed by atoms with Gasteiger partial charge in [0.2, 0.25) is 11.8 Å². The Morgan fingerprint density at radius 3 is 2.79 bits per heavy atom. The van der Waals surface area contributed by atoms with Gasteiger partial charge in [-0.25, -0.2) is 0 Å². The van der Waals surface area contributed by atoms with Crippen LogP contribution in [-0.4, -0.2) is 25.4 Å². The van der Waals surface area contributed by atoms with Gasteiger partial charge in [-0.15, -0.1) is 0 Å². The van der Waals surface area contributed by atoms with E-state index in [0.29, 0.717) is 18.9 Å². The Labute approximate surface area is 113 Å². The van der Waals surface area contributed by atoms with Crippen LogP contribution in [0.25, 0.3) is 0 Å². The SMILES string of the molecule is CNC(=O)[C@H]1CC(=O)N(c2cccc(C(C)C)c2)C1. The molecule has 0 unspecified atom stereocenters. The standard InChI is InChI=1S/C15H20N2O2/c1-10(2)11-5-4-6-13(7-11)17-9-12(8-14(17)18)15(19)16-3/h4-7,10,12H,8-9H2,1-3H3,(H,16,19)/t12-/m0/s1. The molecule has 1 fully saturated rings. The molecule has 4 heteroatoms. The molecule has 4 nitrogen and oxygen atoms in total. The van der Waals surface area contributed by atoms with Crippen LogP contribution in [0.2, 0.25) is 0 Å². The first-order valence-electron chi connectivity index (χ1n) is 6.65. The Kier molecular flexibility index (Phi) is 3.88. The van der Waals surface area contributed by atoms with E-state index in [1.165, 1.54) is 5.56 Å². The van der Waals surface area contributed by atoms with Crippen LogP contribution in [0.5, 0.6) is 0 Å². The molecule has 1 N–H and O–H groups in total. The van der Waals surface area contributed by atoms with Crippen molar-refractivity contribution in [2.75, 3.05) is 18.5 Å². The van der Waals surface area contributed by atoms with E-state index >= 15 is 0 Å². The van der Waals surface area contributed by atoms with Crippen LogP contribution in [0, 0.1) is 5.92 Å². The maximum absolute atomic E-state index is 12.0. The van der Waals surface area contributed by atoms with E-state index in [0.717, 1.165) is 5.69 Å². The number of nitrogens with zero attached hydrogens (tertiary/aromatic N) is 1. The fourth-order valence-electron chi connectivity index (χ4n) is 2.39. The van der Waals surface area contributed by atoms with Crippen LogP contribution in [-0.2, 0) is 9.59 Å². The number of hydrogen-bond acceptors (Lipinski definition) is 2. The minimum absolute atomic E-state index is 0.0227. The van der Waals surface area contributed by atoms with Gasteiger partial charge in [-0.05, 0) is 23.6 Å². The third-order valence-corrected chi connectivity index (χ3v) is 3.59.